The van der Waals surface area contributed by atoms with E-state index in [4.69, 9.17) is 4.74 Å². The zero-order chi connectivity index (χ0) is 26.4. The summed E-state index contributed by atoms with van der Waals surface area (Å²) in [4.78, 5) is 30.4. The normalized spacial score (nSPS) is 20.3. The van der Waals surface area contributed by atoms with E-state index in [0.717, 1.165) is 44.6 Å². The molecular weight excluding hydrogens is 504 g/mol. The van der Waals surface area contributed by atoms with Crippen LogP contribution in [0.1, 0.15) is 51.4 Å². The van der Waals surface area contributed by atoms with Gasteiger partial charge in [0.25, 0.3) is 5.91 Å². The van der Waals surface area contributed by atoms with Crippen molar-refractivity contribution in [2.45, 2.75) is 37.2 Å². The van der Waals surface area contributed by atoms with Gasteiger partial charge in [-0.2, -0.15) is 5.10 Å². The predicted molar refractivity (Wildman–Crippen MR) is 144 cm³/mol. The second-order valence-electron chi connectivity index (χ2n) is 10.4. The van der Waals surface area contributed by atoms with Crippen LogP contribution in [0.2, 0.25) is 0 Å². The van der Waals surface area contributed by atoms with Gasteiger partial charge in [0.15, 0.2) is 5.69 Å². The number of fused-ring (bicyclic) bond motifs is 1. The Bertz CT molecular complexity index is 1370. The Kier molecular flexibility index (Phi) is 6.41. The van der Waals surface area contributed by atoms with E-state index in [0.29, 0.717) is 35.7 Å². The van der Waals surface area contributed by atoms with Crippen molar-refractivity contribution >= 4 is 30.5 Å². The Balaban J connectivity index is 1.29. The highest BCUT2D eigenvalue weighted by atomic mass is 32.1. The molecule has 0 radical (unpaired) electrons. The van der Waals surface area contributed by atoms with E-state index >= 15 is 0 Å². The molecule has 2 fully saturated rings. The first-order valence-corrected chi connectivity index (χ1v) is 13.2. The van der Waals surface area contributed by atoms with Gasteiger partial charge in [0.05, 0.1) is 18.9 Å². The fourth-order valence-corrected chi connectivity index (χ4v) is 5.88. The number of amides is 1. The van der Waals surface area contributed by atoms with Crippen molar-refractivity contribution in [1.29, 1.82) is 0 Å². The highest BCUT2D eigenvalue weighted by molar-refractivity contribution is 7.75. The standard InChI is InChI=1S/C28H30N4O5S/c1-36-22-8-6-20(7-9-22)32-25-23(24(29-32)27(35)37-38)11-15-31(26(25)34)19-4-2-18(3-5-19)28(12-13-28)17-30-14-10-21(33)16-30/h2-9,21,33,38H,10-17H2,1H3/t21-/m1/s1. The summed E-state index contributed by atoms with van der Waals surface area (Å²) in [6, 6.07) is 15.4. The van der Waals surface area contributed by atoms with Crippen molar-refractivity contribution in [3.05, 3.63) is 71.0 Å². The molecule has 2 aliphatic heterocycles. The Hall–Kier alpha value is -3.34. The first-order valence-electron chi connectivity index (χ1n) is 12.9. The van der Waals surface area contributed by atoms with Crippen molar-refractivity contribution in [2.24, 2.45) is 0 Å². The summed E-state index contributed by atoms with van der Waals surface area (Å²) in [6.07, 6.45) is 3.35. The van der Waals surface area contributed by atoms with Gasteiger partial charge in [-0.1, -0.05) is 12.1 Å². The topological polar surface area (TPSA) is 97.1 Å². The van der Waals surface area contributed by atoms with Gasteiger partial charge in [-0.3, -0.25) is 9.69 Å². The molecule has 1 aromatic heterocycles. The van der Waals surface area contributed by atoms with E-state index in [9.17, 15) is 14.7 Å². The van der Waals surface area contributed by atoms with E-state index in [2.05, 4.69) is 39.2 Å². The molecule has 1 atom stereocenters. The number of carbonyl (C=O) groups is 2. The minimum atomic E-state index is -0.692. The summed E-state index contributed by atoms with van der Waals surface area (Å²) >= 11 is 3.67. The van der Waals surface area contributed by atoms with Gasteiger partial charge in [0.1, 0.15) is 11.4 Å². The molecule has 3 heterocycles. The summed E-state index contributed by atoms with van der Waals surface area (Å²) in [5.41, 5.74) is 3.84. The third-order valence-corrected chi connectivity index (χ3v) is 8.19. The summed E-state index contributed by atoms with van der Waals surface area (Å²) in [5, 5.41) is 14.4. The molecule has 0 unspecified atom stereocenters. The number of ether oxygens (including phenoxy) is 1. The van der Waals surface area contributed by atoms with Crippen LogP contribution in [0.4, 0.5) is 5.69 Å². The van der Waals surface area contributed by atoms with Crippen LogP contribution in [0.25, 0.3) is 5.69 Å². The van der Waals surface area contributed by atoms with E-state index in [-0.39, 0.29) is 23.1 Å². The molecule has 0 bridgehead atoms. The van der Waals surface area contributed by atoms with Crippen molar-refractivity contribution < 1.29 is 23.6 Å². The smallest absolute Gasteiger partial charge is 0.370 e. The number of hydrogen-bond acceptors (Lipinski definition) is 8. The van der Waals surface area contributed by atoms with E-state index < -0.39 is 5.97 Å². The van der Waals surface area contributed by atoms with Crippen LogP contribution < -0.4 is 9.64 Å². The quantitative estimate of drug-likeness (QED) is 0.355. The number of aromatic nitrogens is 2. The number of rotatable bonds is 7. The molecular formula is C28H30N4O5S. The number of carbonyl (C=O) groups excluding carboxylic acids is 2. The van der Waals surface area contributed by atoms with E-state index in [1.165, 1.54) is 10.2 Å². The van der Waals surface area contributed by atoms with Crippen LogP contribution in [0.5, 0.6) is 5.75 Å². The number of likely N-dealkylation sites (tertiary alicyclic amines) is 1. The summed E-state index contributed by atoms with van der Waals surface area (Å²) in [5.74, 6) is -0.248. The van der Waals surface area contributed by atoms with Crippen LogP contribution in [0.15, 0.2) is 48.5 Å². The Morgan fingerprint density at radius 3 is 2.42 bits per heavy atom. The van der Waals surface area contributed by atoms with E-state index in [1.54, 1.807) is 36.3 Å². The maximum absolute atomic E-state index is 13.9. The average Bonchev–Trinajstić information content (AvgIpc) is 3.44. The molecule has 198 valence electrons. The summed E-state index contributed by atoms with van der Waals surface area (Å²) in [6.45, 7) is 3.06. The molecule has 0 spiro atoms. The number of methoxy groups -OCH3 is 1. The number of thiol groups is 1. The lowest BCUT2D eigenvalue weighted by molar-refractivity contribution is 0.0764. The largest absolute Gasteiger partial charge is 0.497 e. The van der Waals surface area contributed by atoms with Gasteiger partial charge in [-0.05, 0) is 67.6 Å². The summed E-state index contributed by atoms with van der Waals surface area (Å²) in [7, 11) is 1.58. The highest BCUT2D eigenvalue weighted by Gasteiger charge is 2.46. The van der Waals surface area contributed by atoms with Gasteiger partial charge in [0.2, 0.25) is 0 Å². The lowest BCUT2D eigenvalue weighted by atomic mass is 9.94. The Morgan fingerprint density at radius 2 is 1.82 bits per heavy atom. The molecule has 1 aliphatic carbocycles. The number of aliphatic hydroxyl groups is 1. The number of hydrogen-bond donors (Lipinski definition) is 2. The number of benzene rings is 2. The van der Waals surface area contributed by atoms with Crippen molar-refractivity contribution in [2.75, 3.05) is 38.2 Å². The number of nitrogens with zero attached hydrogens (tertiary/aromatic N) is 4. The second-order valence-corrected chi connectivity index (χ2v) is 10.6. The zero-order valence-electron chi connectivity index (χ0n) is 21.2. The SMILES string of the molecule is COc1ccc(-n2nc(C(=O)OS)c3c2C(=O)N(c2ccc(C4(CN5CC[C@@H](O)C5)CC4)cc2)CC3)cc1. The first kappa shape index (κ1) is 25.0. The van der Waals surface area contributed by atoms with Crippen molar-refractivity contribution in [1.82, 2.24) is 14.7 Å². The van der Waals surface area contributed by atoms with Gasteiger partial charge >= 0.3 is 5.97 Å². The number of anilines is 1. The minimum Gasteiger partial charge on any atom is -0.497 e. The second kappa shape index (κ2) is 9.76. The maximum atomic E-state index is 13.9. The third-order valence-electron chi connectivity index (χ3n) is 8.03. The molecule has 38 heavy (non-hydrogen) atoms. The molecule has 6 rings (SSSR count). The molecule has 1 N–H and O–H groups in total. The summed E-state index contributed by atoms with van der Waals surface area (Å²) < 4.78 is 11.4. The molecule has 1 amide bonds. The predicted octanol–water partition coefficient (Wildman–Crippen LogP) is 3.18. The number of aliphatic hydroxyl groups excluding tert-OH is 1. The van der Waals surface area contributed by atoms with Gasteiger partial charge in [-0.25, -0.2) is 9.48 Å². The average molecular weight is 535 g/mol. The van der Waals surface area contributed by atoms with Crippen LogP contribution in [-0.4, -0.2) is 71.1 Å². The molecule has 3 aliphatic rings. The van der Waals surface area contributed by atoms with E-state index in [1.807, 2.05) is 12.1 Å². The third kappa shape index (κ3) is 4.36. The molecule has 1 saturated carbocycles. The fourth-order valence-electron chi connectivity index (χ4n) is 5.79. The van der Waals surface area contributed by atoms with Crippen LogP contribution in [0, 0.1) is 0 Å². The minimum absolute atomic E-state index is 0.0943. The van der Waals surface area contributed by atoms with Crippen molar-refractivity contribution in [3.63, 3.8) is 0 Å². The zero-order valence-corrected chi connectivity index (χ0v) is 22.1. The molecule has 9 nitrogen and oxygen atoms in total. The fraction of sp³-hybridized carbons (Fsp3) is 0.393. The molecule has 10 heteroatoms. The van der Waals surface area contributed by atoms with Gasteiger partial charge < -0.3 is 18.9 Å². The lowest BCUT2D eigenvalue weighted by Gasteiger charge is -2.28. The monoisotopic (exact) mass is 534 g/mol. The Labute approximate surface area is 226 Å². The maximum Gasteiger partial charge on any atom is 0.370 e. The van der Waals surface area contributed by atoms with Crippen LogP contribution in [0.3, 0.4) is 0 Å². The Morgan fingerprint density at radius 1 is 1.11 bits per heavy atom. The van der Waals surface area contributed by atoms with Crippen LogP contribution >= 0.6 is 12.9 Å². The van der Waals surface area contributed by atoms with Crippen LogP contribution in [-0.2, 0) is 16.0 Å². The molecule has 2 aromatic carbocycles. The van der Waals surface area contributed by atoms with Gasteiger partial charge in [0, 0.05) is 55.8 Å². The van der Waals surface area contributed by atoms with Crippen molar-refractivity contribution in [3.8, 4) is 11.4 Å². The van der Waals surface area contributed by atoms with Gasteiger partial charge in [-0.15, -0.1) is 0 Å². The first-order chi connectivity index (χ1) is 18.4. The molecule has 1 saturated heterocycles. The highest BCUT2D eigenvalue weighted by Crippen LogP contribution is 2.49. The lowest BCUT2D eigenvalue weighted by Crippen LogP contribution is -2.39. The number of β-amino-alcohol motifs (C(OH)–C–C–N with tert-alkyl or cyclic N) is 1. The molecule has 3 aromatic rings.